The summed E-state index contributed by atoms with van der Waals surface area (Å²) in [6.07, 6.45) is 0. The molecule has 0 saturated carbocycles. The summed E-state index contributed by atoms with van der Waals surface area (Å²) in [6, 6.07) is 82.8. The molecule has 3 nitrogen and oxygen atoms in total. The summed E-state index contributed by atoms with van der Waals surface area (Å²) in [5, 5.41) is 7.35. The van der Waals surface area contributed by atoms with Gasteiger partial charge in [-0.05, 0) is 125 Å². The average molecular weight is 932 g/mol. The minimum Gasteiger partial charge on any atom is -0.307 e. The molecule has 13 aromatic rings. The van der Waals surface area contributed by atoms with Crippen molar-refractivity contribution in [3.05, 3.63) is 247 Å². The van der Waals surface area contributed by atoms with E-state index in [1.54, 1.807) is 0 Å². The normalized spacial score (nSPS) is 14.0. The standard InChI is InChI=1S/C70H49N3/c1-69(2)56-30-17-15-26-48(56)50-36-34-44(38-58(50)69)66-67(45-35-37-51-49-27-16-18-31-57(49)70(3,4)59(51)39-45)72-68-60(71-66)32-19-33-61(68)73-62-40-54(42-20-7-5-8-21-42)46-24-11-13-28-52(46)64(62)65-53-29-14-12-25-47(53)55(41-63(65)73)43-22-9-6-10-23-43/h5-41H,1-4H3. The summed E-state index contributed by atoms with van der Waals surface area (Å²) >= 11 is 0. The molecule has 0 fully saturated rings. The molecule has 0 aliphatic heterocycles. The molecule has 0 radical (unpaired) electrons. The Hall–Kier alpha value is -8.92. The van der Waals surface area contributed by atoms with Crippen molar-refractivity contribution in [1.82, 2.24) is 14.5 Å². The molecule has 11 aromatic carbocycles. The smallest absolute Gasteiger partial charge is 0.113 e. The Balaban J connectivity index is 1.07. The van der Waals surface area contributed by atoms with E-state index in [9.17, 15) is 0 Å². The van der Waals surface area contributed by atoms with E-state index in [-0.39, 0.29) is 10.8 Å². The predicted octanol–water partition coefficient (Wildman–Crippen LogP) is 18.3. The van der Waals surface area contributed by atoms with Gasteiger partial charge in [0.25, 0.3) is 0 Å². The van der Waals surface area contributed by atoms with E-state index in [0.717, 1.165) is 50.3 Å². The van der Waals surface area contributed by atoms with Crippen LogP contribution in [-0.2, 0) is 10.8 Å². The third kappa shape index (κ3) is 5.94. The SMILES string of the molecule is CC1(C)c2ccccc2-c2ccc(-c3nc4cccc(-n5c6cc(-c7ccccc7)c7ccccc7c6c6c7ccccc7c(-c7ccccc7)cc65)c4nc3-c3ccc4c(c3)C(C)(C)c3ccccc3-4)cc21. The highest BCUT2D eigenvalue weighted by Crippen LogP contribution is 2.53. The fourth-order valence-corrected chi connectivity index (χ4v) is 13.1. The van der Waals surface area contributed by atoms with Gasteiger partial charge in [0.15, 0.2) is 0 Å². The minimum absolute atomic E-state index is 0.176. The maximum absolute atomic E-state index is 5.99. The van der Waals surface area contributed by atoms with Crippen LogP contribution in [-0.4, -0.2) is 14.5 Å². The van der Waals surface area contributed by atoms with E-state index >= 15 is 0 Å². The van der Waals surface area contributed by atoms with Crippen molar-refractivity contribution in [2.45, 2.75) is 38.5 Å². The van der Waals surface area contributed by atoms with Gasteiger partial charge in [0, 0.05) is 32.7 Å². The van der Waals surface area contributed by atoms with Gasteiger partial charge in [-0.25, -0.2) is 9.97 Å². The van der Waals surface area contributed by atoms with Crippen LogP contribution in [0, 0.1) is 0 Å². The first-order valence-electron chi connectivity index (χ1n) is 25.6. The van der Waals surface area contributed by atoms with E-state index in [4.69, 9.17) is 9.97 Å². The Labute approximate surface area is 424 Å². The maximum Gasteiger partial charge on any atom is 0.113 e. The fourth-order valence-electron chi connectivity index (χ4n) is 13.1. The Kier molecular flexibility index (Phi) is 8.76. The molecule has 73 heavy (non-hydrogen) atoms. The molecule has 0 amide bonds. The number of aromatic nitrogens is 3. The number of para-hydroxylation sites is 1. The molecule has 2 heterocycles. The Morgan fingerprint density at radius 1 is 0.315 bits per heavy atom. The van der Waals surface area contributed by atoms with Gasteiger partial charge >= 0.3 is 0 Å². The van der Waals surface area contributed by atoms with Crippen LogP contribution in [0.3, 0.4) is 0 Å². The van der Waals surface area contributed by atoms with Gasteiger partial charge in [0.05, 0.1) is 33.6 Å². The summed E-state index contributed by atoms with van der Waals surface area (Å²) in [6.45, 7) is 9.42. The van der Waals surface area contributed by atoms with Crippen LogP contribution in [0.5, 0.6) is 0 Å². The highest BCUT2D eigenvalue weighted by Gasteiger charge is 2.37. The number of benzene rings is 11. The van der Waals surface area contributed by atoms with Crippen LogP contribution in [0.15, 0.2) is 224 Å². The van der Waals surface area contributed by atoms with Crippen LogP contribution in [0.25, 0.3) is 127 Å². The molecule has 0 unspecified atom stereocenters. The lowest BCUT2D eigenvalue weighted by Gasteiger charge is -2.23. The molecular weight excluding hydrogens is 883 g/mol. The second kappa shape index (κ2) is 15.3. The number of hydrogen-bond acceptors (Lipinski definition) is 2. The molecule has 2 aliphatic rings. The molecule has 2 aromatic heterocycles. The van der Waals surface area contributed by atoms with Crippen molar-refractivity contribution in [3.63, 3.8) is 0 Å². The molecule has 0 N–H and O–H groups in total. The zero-order valence-corrected chi connectivity index (χ0v) is 41.2. The van der Waals surface area contributed by atoms with Gasteiger partial charge in [-0.2, -0.15) is 0 Å². The van der Waals surface area contributed by atoms with E-state index in [1.807, 2.05) is 0 Å². The molecular formula is C70H49N3. The van der Waals surface area contributed by atoms with Gasteiger partial charge in [-0.3, -0.25) is 0 Å². The third-order valence-corrected chi connectivity index (χ3v) is 16.6. The van der Waals surface area contributed by atoms with Gasteiger partial charge < -0.3 is 4.57 Å². The van der Waals surface area contributed by atoms with Crippen LogP contribution in [0.4, 0.5) is 0 Å². The van der Waals surface area contributed by atoms with Gasteiger partial charge in [0.2, 0.25) is 0 Å². The zero-order valence-electron chi connectivity index (χ0n) is 41.2. The highest BCUT2D eigenvalue weighted by molar-refractivity contribution is 6.32. The number of fused-ring (bicyclic) bond motifs is 14. The first kappa shape index (κ1) is 41.8. The third-order valence-electron chi connectivity index (χ3n) is 16.6. The zero-order chi connectivity index (χ0) is 48.7. The number of rotatable bonds is 5. The van der Waals surface area contributed by atoms with Crippen molar-refractivity contribution in [1.29, 1.82) is 0 Å². The van der Waals surface area contributed by atoms with Crippen molar-refractivity contribution in [2.75, 3.05) is 0 Å². The van der Waals surface area contributed by atoms with E-state index in [2.05, 4.69) is 257 Å². The largest absolute Gasteiger partial charge is 0.307 e. The van der Waals surface area contributed by atoms with Crippen LogP contribution < -0.4 is 0 Å². The van der Waals surface area contributed by atoms with Gasteiger partial charge in [-0.15, -0.1) is 0 Å². The van der Waals surface area contributed by atoms with Gasteiger partial charge in [0.1, 0.15) is 5.52 Å². The van der Waals surface area contributed by atoms with Crippen molar-refractivity contribution >= 4 is 54.4 Å². The minimum atomic E-state index is -0.192. The summed E-state index contributed by atoms with van der Waals surface area (Å²) in [7, 11) is 0. The first-order valence-corrected chi connectivity index (χ1v) is 25.6. The van der Waals surface area contributed by atoms with Crippen molar-refractivity contribution < 1.29 is 0 Å². The van der Waals surface area contributed by atoms with Crippen LogP contribution in [0.1, 0.15) is 49.9 Å². The Morgan fingerprint density at radius 2 is 0.740 bits per heavy atom. The quantitative estimate of drug-likeness (QED) is 0.172. The first-order chi connectivity index (χ1) is 35.7. The maximum atomic E-state index is 5.99. The van der Waals surface area contributed by atoms with E-state index in [1.165, 1.54) is 99.1 Å². The number of hydrogen-bond donors (Lipinski definition) is 0. The summed E-state index contributed by atoms with van der Waals surface area (Å²) in [5.41, 5.74) is 23.7. The molecule has 3 heteroatoms. The van der Waals surface area contributed by atoms with Crippen LogP contribution >= 0.6 is 0 Å². The average Bonchev–Trinajstić information content (AvgIpc) is 3.99. The van der Waals surface area contributed by atoms with Crippen molar-refractivity contribution in [3.8, 4) is 72.7 Å². The molecule has 0 bridgehead atoms. The molecule has 0 spiro atoms. The lowest BCUT2D eigenvalue weighted by Crippen LogP contribution is -2.15. The lowest BCUT2D eigenvalue weighted by atomic mass is 9.81. The van der Waals surface area contributed by atoms with E-state index in [0.29, 0.717) is 0 Å². The highest BCUT2D eigenvalue weighted by atomic mass is 15.0. The second-order valence-electron chi connectivity index (χ2n) is 21.2. The molecule has 15 rings (SSSR count). The number of nitrogens with zero attached hydrogens (tertiary/aromatic N) is 3. The fraction of sp³-hybridized carbons (Fsp3) is 0.0857. The van der Waals surface area contributed by atoms with Gasteiger partial charge in [-0.1, -0.05) is 216 Å². The Morgan fingerprint density at radius 3 is 1.25 bits per heavy atom. The second-order valence-corrected chi connectivity index (χ2v) is 21.2. The van der Waals surface area contributed by atoms with E-state index < -0.39 is 0 Å². The van der Waals surface area contributed by atoms with Crippen LogP contribution in [0.2, 0.25) is 0 Å². The molecule has 0 atom stereocenters. The molecule has 0 saturated heterocycles. The summed E-state index contributed by atoms with van der Waals surface area (Å²) in [5.74, 6) is 0. The Bertz CT molecular complexity index is 4340. The lowest BCUT2D eigenvalue weighted by molar-refractivity contribution is 0.660. The van der Waals surface area contributed by atoms with Crippen molar-refractivity contribution in [2.24, 2.45) is 0 Å². The summed E-state index contributed by atoms with van der Waals surface area (Å²) < 4.78 is 2.50. The topological polar surface area (TPSA) is 30.7 Å². The predicted molar refractivity (Wildman–Crippen MR) is 306 cm³/mol. The molecule has 344 valence electrons. The molecule has 2 aliphatic carbocycles. The summed E-state index contributed by atoms with van der Waals surface area (Å²) in [4.78, 5) is 11.8. The monoisotopic (exact) mass is 931 g/mol.